The van der Waals surface area contributed by atoms with Crippen LogP contribution in [0.3, 0.4) is 0 Å². The molecule has 14 heavy (non-hydrogen) atoms. The summed E-state index contributed by atoms with van der Waals surface area (Å²) in [6.07, 6.45) is 1.16. The van der Waals surface area contributed by atoms with Crippen molar-refractivity contribution >= 4 is 11.4 Å². The number of anilines is 2. The van der Waals surface area contributed by atoms with Gasteiger partial charge in [-0.1, -0.05) is 6.92 Å². The van der Waals surface area contributed by atoms with E-state index in [0.717, 1.165) is 13.0 Å². The van der Waals surface area contributed by atoms with Crippen LogP contribution in [-0.2, 0) is 0 Å². The third-order valence-corrected chi connectivity index (χ3v) is 2.29. The van der Waals surface area contributed by atoms with Crippen LogP contribution in [0.25, 0.3) is 0 Å². The Morgan fingerprint density at radius 3 is 2.50 bits per heavy atom. The fourth-order valence-electron chi connectivity index (χ4n) is 1.38. The molecule has 1 N–H and O–H groups in total. The lowest BCUT2D eigenvalue weighted by Gasteiger charge is -2.15. The van der Waals surface area contributed by atoms with Gasteiger partial charge in [-0.15, -0.1) is 0 Å². The van der Waals surface area contributed by atoms with Gasteiger partial charge in [0, 0.05) is 32.0 Å². The van der Waals surface area contributed by atoms with E-state index in [1.54, 1.807) is 0 Å². The van der Waals surface area contributed by atoms with E-state index >= 15 is 0 Å². The molecule has 1 aromatic rings. The predicted molar refractivity (Wildman–Crippen MR) is 64.3 cm³/mol. The van der Waals surface area contributed by atoms with Crippen LogP contribution in [0.1, 0.15) is 18.9 Å². The smallest absolute Gasteiger partial charge is 0.0371 e. The van der Waals surface area contributed by atoms with E-state index in [1.165, 1.54) is 16.9 Å². The van der Waals surface area contributed by atoms with Crippen molar-refractivity contribution in [1.29, 1.82) is 0 Å². The number of benzene rings is 1. The highest BCUT2D eigenvalue weighted by Crippen LogP contribution is 2.20. The summed E-state index contributed by atoms with van der Waals surface area (Å²) in [5.41, 5.74) is 3.81. The number of rotatable bonds is 4. The van der Waals surface area contributed by atoms with Crippen LogP contribution in [-0.4, -0.2) is 20.6 Å². The first kappa shape index (κ1) is 10.9. The molecule has 0 aromatic heterocycles. The van der Waals surface area contributed by atoms with E-state index in [0.29, 0.717) is 0 Å². The lowest BCUT2D eigenvalue weighted by molar-refractivity contribution is 0.977. The summed E-state index contributed by atoms with van der Waals surface area (Å²) in [6.45, 7) is 5.36. The summed E-state index contributed by atoms with van der Waals surface area (Å²) < 4.78 is 0. The average molecular weight is 192 g/mol. The van der Waals surface area contributed by atoms with E-state index in [-0.39, 0.29) is 0 Å². The Hall–Kier alpha value is -1.18. The Bertz CT molecular complexity index is 292. The summed E-state index contributed by atoms with van der Waals surface area (Å²) in [6, 6.07) is 6.50. The molecule has 78 valence electrons. The minimum absolute atomic E-state index is 1.04. The standard InChI is InChI=1S/C12H20N2/c1-5-8-13-12-7-6-11(14(3)4)9-10(12)2/h6-7,9,13H,5,8H2,1-4H3. The highest BCUT2D eigenvalue weighted by atomic mass is 15.1. The van der Waals surface area contributed by atoms with Crippen molar-refractivity contribution in [2.45, 2.75) is 20.3 Å². The lowest BCUT2D eigenvalue weighted by atomic mass is 10.1. The summed E-state index contributed by atoms with van der Waals surface area (Å²) >= 11 is 0. The highest BCUT2D eigenvalue weighted by Gasteiger charge is 2.00. The van der Waals surface area contributed by atoms with Gasteiger partial charge in [-0.3, -0.25) is 0 Å². The molecule has 1 rings (SSSR count). The van der Waals surface area contributed by atoms with E-state index in [9.17, 15) is 0 Å². The zero-order chi connectivity index (χ0) is 10.6. The van der Waals surface area contributed by atoms with Gasteiger partial charge in [-0.2, -0.15) is 0 Å². The van der Waals surface area contributed by atoms with Crippen LogP contribution in [0.2, 0.25) is 0 Å². The first-order valence-electron chi connectivity index (χ1n) is 5.17. The quantitative estimate of drug-likeness (QED) is 0.789. The molecule has 0 unspecified atom stereocenters. The van der Waals surface area contributed by atoms with Crippen LogP contribution >= 0.6 is 0 Å². The molecule has 0 aliphatic rings. The Balaban J connectivity index is 2.79. The minimum atomic E-state index is 1.04. The molecule has 0 saturated heterocycles. The van der Waals surface area contributed by atoms with Crippen molar-refractivity contribution in [3.63, 3.8) is 0 Å². The van der Waals surface area contributed by atoms with Crippen molar-refractivity contribution in [3.8, 4) is 0 Å². The summed E-state index contributed by atoms with van der Waals surface area (Å²) in [5, 5.41) is 3.41. The molecular formula is C12H20N2. The van der Waals surface area contributed by atoms with Gasteiger partial charge in [0.1, 0.15) is 0 Å². The maximum Gasteiger partial charge on any atom is 0.0371 e. The third-order valence-electron chi connectivity index (χ3n) is 2.29. The van der Waals surface area contributed by atoms with Gasteiger partial charge in [-0.05, 0) is 37.1 Å². The number of nitrogens with zero attached hydrogens (tertiary/aromatic N) is 1. The molecule has 2 heteroatoms. The summed E-state index contributed by atoms with van der Waals surface area (Å²) in [5.74, 6) is 0. The lowest BCUT2D eigenvalue weighted by Crippen LogP contribution is -2.09. The normalized spacial score (nSPS) is 10.0. The molecule has 0 atom stereocenters. The number of aryl methyl sites for hydroxylation is 1. The largest absolute Gasteiger partial charge is 0.385 e. The molecule has 0 saturated carbocycles. The topological polar surface area (TPSA) is 15.3 Å². The predicted octanol–water partition coefficient (Wildman–Crippen LogP) is 2.88. The average Bonchev–Trinajstić information content (AvgIpc) is 2.15. The van der Waals surface area contributed by atoms with Crippen LogP contribution < -0.4 is 10.2 Å². The van der Waals surface area contributed by atoms with Crippen molar-refractivity contribution in [3.05, 3.63) is 23.8 Å². The molecule has 0 bridgehead atoms. The first-order valence-corrected chi connectivity index (χ1v) is 5.17. The van der Waals surface area contributed by atoms with Crippen molar-refractivity contribution in [2.24, 2.45) is 0 Å². The third kappa shape index (κ3) is 2.66. The summed E-state index contributed by atoms with van der Waals surface area (Å²) in [4.78, 5) is 2.12. The second kappa shape index (κ2) is 4.89. The fraction of sp³-hybridized carbons (Fsp3) is 0.500. The Morgan fingerprint density at radius 2 is 2.00 bits per heavy atom. The van der Waals surface area contributed by atoms with E-state index < -0.39 is 0 Å². The number of hydrogen-bond donors (Lipinski definition) is 1. The van der Waals surface area contributed by atoms with Crippen LogP contribution in [0.5, 0.6) is 0 Å². The second-order valence-electron chi connectivity index (χ2n) is 3.82. The van der Waals surface area contributed by atoms with Crippen LogP contribution in [0, 0.1) is 6.92 Å². The van der Waals surface area contributed by atoms with E-state index in [4.69, 9.17) is 0 Å². The molecule has 0 radical (unpaired) electrons. The molecular weight excluding hydrogens is 172 g/mol. The van der Waals surface area contributed by atoms with Gasteiger partial charge in [0.05, 0.1) is 0 Å². The highest BCUT2D eigenvalue weighted by molar-refractivity contribution is 5.59. The van der Waals surface area contributed by atoms with Gasteiger partial charge >= 0.3 is 0 Å². The Morgan fingerprint density at radius 1 is 1.29 bits per heavy atom. The number of hydrogen-bond acceptors (Lipinski definition) is 2. The van der Waals surface area contributed by atoms with Crippen LogP contribution in [0.4, 0.5) is 11.4 Å². The maximum atomic E-state index is 3.41. The Labute approximate surface area is 86.9 Å². The molecule has 0 aliphatic carbocycles. The molecule has 0 amide bonds. The van der Waals surface area contributed by atoms with Crippen LogP contribution in [0.15, 0.2) is 18.2 Å². The first-order chi connectivity index (χ1) is 6.65. The molecule has 0 heterocycles. The van der Waals surface area contributed by atoms with Crippen molar-refractivity contribution < 1.29 is 0 Å². The van der Waals surface area contributed by atoms with Gasteiger partial charge in [0.2, 0.25) is 0 Å². The van der Waals surface area contributed by atoms with Gasteiger partial charge in [0.25, 0.3) is 0 Å². The Kier molecular flexibility index (Phi) is 3.81. The van der Waals surface area contributed by atoms with E-state index in [1.807, 2.05) is 0 Å². The SMILES string of the molecule is CCCNc1ccc(N(C)C)cc1C. The van der Waals surface area contributed by atoms with Gasteiger partial charge < -0.3 is 10.2 Å². The van der Waals surface area contributed by atoms with Gasteiger partial charge in [0.15, 0.2) is 0 Å². The van der Waals surface area contributed by atoms with Crippen molar-refractivity contribution in [1.82, 2.24) is 0 Å². The monoisotopic (exact) mass is 192 g/mol. The van der Waals surface area contributed by atoms with E-state index in [2.05, 4.69) is 56.4 Å². The zero-order valence-corrected chi connectivity index (χ0v) is 9.59. The second-order valence-corrected chi connectivity index (χ2v) is 3.82. The summed E-state index contributed by atoms with van der Waals surface area (Å²) in [7, 11) is 4.13. The van der Waals surface area contributed by atoms with Crippen molar-refractivity contribution in [2.75, 3.05) is 30.9 Å². The molecule has 1 aromatic carbocycles. The molecule has 2 nitrogen and oxygen atoms in total. The van der Waals surface area contributed by atoms with Gasteiger partial charge in [-0.25, -0.2) is 0 Å². The fourth-order valence-corrected chi connectivity index (χ4v) is 1.38. The molecule has 0 aliphatic heterocycles. The molecule has 0 fully saturated rings. The minimum Gasteiger partial charge on any atom is -0.385 e. The number of nitrogens with one attached hydrogen (secondary N) is 1. The zero-order valence-electron chi connectivity index (χ0n) is 9.59. The maximum absolute atomic E-state index is 3.41. The molecule has 0 spiro atoms.